The van der Waals surface area contributed by atoms with E-state index in [1.54, 1.807) is 0 Å². The lowest BCUT2D eigenvalue weighted by atomic mass is 9.89. The fourth-order valence-electron chi connectivity index (χ4n) is 3.68. The molecule has 1 N–H and O–H groups in total. The first-order valence-electron chi connectivity index (χ1n) is 9.58. The number of aryl methyl sites for hydroxylation is 1. The fraction of sp³-hybridized carbons (Fsp3) is 0.737. The molecule has 2 aliphatic rings. The summed E-state index contributed by atoms with van der Waals surface area (Å²) >= 11 is 0. The summed E-state index contributed by atoms with van der Waals surface area (Å²) in [5, 5.41) is 3.04. The van der Waals surface area contributed by atoms with Gasteiger partial charge in [0.25, 0.3) is 5.91 Å². The zero-order valence-electron chi connectivity index (χ0n) is 16.6. The summed E-state index contributed by atoms with van der Waals surface area (Å²) < 4.78 is 5.55. The van der Waals surface area contributed by atoms with Crippen molar-refractivity contribution in [1.82, 2.24) is 20.2 Å². The van der Waals surface area contributed by atoms with Gasteiger partial charge in [0.05, 0.1) is 6.10 Å². The minimum Gasteiger partial charge on any atom is -0.378 e. The van der Waals surface area contributed by atoms with Gasteiger partial charge in [-0.1, -0.05) is 0 Å². The van der Waals surface area contributed by atoms with Crippen LogP contribution in [0.4, 0.5) is 5.82 Å². The normalized spacial score (nSPS) is 25.5. The van der Waals surface area contributed by atoms with E-state index in [2.05, 4.69) is 39.2 Å². The fourth-order valence-corrected chi connectivity index (χ4v) is 3.68. The van der Waals surface area contributed by atoms with E-state index < -0.39 is 0 Å². The van der Waals surface area contributed by atoms with Crippen LogP contribution in [0, 0.1) is 13.8 Å². The van der Waals surface area contributed by atoms with E-state index in [0.717, 1.165) is 56.0 Å². The predicted molar refractivity (Wildman–Crippen MR) is 102 cm³/mol. The minimum atomic E-state index is -0.183. The maximum absolute atomic E-state index is 12.6. The van der Waals surface area contributed by atoms with Crippen LogP contribution in [0.3, 0.4) is 0 Å². The van der Waals surface area contributed by atoms with Crippen molar-refractivity contribution in [2.45, 2.75) is 58.2 Å². The van der Waals surface area contributed by atoms with E-state index >= 15 is 0 Å². The number of nitrogens with one attached hydrogen (secondary N) is 1. The number of hydrogen-bond acceptors (Lipinski definition) is 6. The molecule has 1 amide bonds. The molecule has 0 bridgehead atoms. The van der Waals surface area contributed by atoms with E-state index in [4.69, 9.17) is 4.74 Å². The van der Waals surface area contributed by atoms with Crippen LogP contribution >= 0.6 is 0 Å². The van der Waals surface area contributed by atoms with Crippen molar-refractivity contribution < 1.29 is 9.53 Å². The first-order chi connectivity index (χ1) is 12.4. The van der Waals surface area contributed by atoms with Crippen molar-refractivity contribution in [3.8, 4) is 0 Å². The average molecular weight is 361 g/mol. The first-order valence-corrected chi connectivity index (χ1v) is 9.58. The van der Waals surface area contributed by atoms with Gasteiger partial charge in [-0.05, 0) is 54.1 Å². The molecule has 1 aliphatic carbocycles. The van der Waals surface area contributed by atoms with Crippen molar-refractivity contribution >= 4 is 11.7 Å². The molecule has 1 aromatic rings. The molecule has 0 unspecified atom stereocenters. The van der Waals surface area contributed by atoms with Crippen LogP contribution in [-0.2, 0) is 4.74 Å². The third-order valence-electron chi connectivity index (χ3n) is 5.59. The van der Waals surface area contributed by atoms with Crippen LogP contribution in [0.15, 0.2) is 0 Å². The van der Waals surface area contributed by atoms with Crippen LogP contribution in [-0.4, -0.2) is 72.8 Å². The first kappa shape index (κ1) is 19.0. The number of nitrogens with zero attached hydrogens (tertiary/aromatic N) is 4. The Balaban J connectivity index is 1.69. The highest BCUT2D eigenvalue weighted by molar-refractivity contribution is 5.91. The molecule has 0 spiro atoms. The molecule has 7 nitrogen and oxygen atoms in total. The molecule has 144 valence electrons. The van der Waals surface area contributed by atoms with Gasteiger partial charge in [-0.15, -0.1) is 0 Å². The molecular formula is C19H31N5O2. The molecule has 3 rings (SSSR count). The number of ether oxygens (including phenoxy) is 1. The van der Waals surface area contributed by atoms with Gasteiger partial charge in [0, 0.05) is 43.0 Å². The molecule has 1 saturated heterocycles. The van der Waals surface area contributed by atoms with E-state index in [0.29, 0.717) is 6.04 Å². The molecule has 1 aromatic heterocycles. The summed E-state index contributed by atoms with van der Waals surface area (Å²) in [4.78, 5) is 26.2. The van der Waals surface area contributed by atoms with Gasteiger partial charge < -0.3 is 19.9 Å². The summed E-state index contributed by atoms with van der Waals surface area (Å²) in [6.07, 6.45) is 3.12. The zero-order valence-corrected chi connectivity index (χ0v) is 16.6. The number of hydrogen-bond donors (Lipinski definition) is 1. The molecule has 26 heavy (non-hydrogen) atoms. The second-order valence-electron chi connectivity index (χ2n) is 7.65. The number of aromatic nitrogens is 2. The van der Waals surface area contributed by atoms with E-state index in [1.807, 2.05) is 20.8 Å². The Hall–Kier alpha value is -1.73. The Bertz CT molecular complexity index is 658. The lowest BCUT2D eigenvalue weighted by molar-refractivity contribution is -0.00872. The third kappa shape index (κ3) is 3.99. The quantitative estimate of drug-likeness (QED) is 0.829. The SMILES string of the molecule is CCOC1CC(NC(=O)c2nc(C)c(C)c(N3CC[C@@H](N(C)C)C3)n2)C1. The van der Waals surface area contributed by atoms with E-state index in [-0.39, 0.29) is 23.9 Å². The van der Waals surface area contributed by atoms with Gasteiger partial charge in [-0.3, -0.25) is 4.79 Å². The maximum Gasteiger partial charge on any atom is 0.289 e. The standard InChI is InChI=1S/C19H31N5O2/c1-6-26-16-9-14(10-16)21-19(25)17-20-13(3)12(2)18(22-17)24-8-7-15(11-24)23(4)5/h14-16H,6-11H2,1-5H3,(H,21,25)/t14?,15-,16?/m1/s1. The molecule has 7 heteroatoms. The highest BCUT2D eigenvalue weighted by Crippen LogP contribution is 2.26. The summed E-state index contributed by atoms with van der Waals surface area (Å²) in [6.45, 7) is 8.59. The highest BCUT2D eigenvalue weighted by atomic mass is 16.5. The second kappa shape index (κ2) is 7.88. The molecule has 0 radical (unpaired) electrons. The molecule has 0 aromatic carbocycles. The lowest BCUT2D eigenvalue weighted by Gasteiger charge is -2.35. The molecular weight excluding hydrogens is 330 g/mol. The predicted octanol–water partition coefficient (Wildman–Crippen LogP) is 1.53. The van der Waals surface area contributed by atoms with Gasteiger partial charge in [0.1, 0.15) is 5.82 Å². The Morgan fingerprint density at radius 2 is 2.04 bits per heavy atom. The summed E-state index contributed by atoms with van der Waals surface area (Å²) in [6, 6.07) is 0.685. The van der Waals surface area contributed by atoms with Crippen molar-refractivity contribution in [1.29, 1.82) is 0 Å². The van der Waals surface area contributed by atoms with Crippen LogP contribution in [0.25, 0.3) is 0 Å². The number of likely N-dealkylation sites (N-methyl/N-ethyl adjacent to an activating group) is 1. The number of amides is 1. The van der Waals surface area contributed by atoms with E-state index in [1.165, 1.54) is 0 Å². The molecule has 1 atom stereocenters. The Labute approximate surface area is 156 Å². The Morgan fingerprint density at radius 1 is 1.31 bits per heavy atom. The van der Waals surface area contributed by atoms with Crippen LogP contribution in [0.1, 0.15) is 48.1 Å². The summed E-state index contributed by atoms with van der Waals surface area (Å²) in [7, 11) is 4.22. The lowest BCUT2D eigenvalue weighted by Crippen LogP contribution is -2.48. The number of carbonyl (C=O) groups is 1. The van der Waals surface area contributed by atoms with Crippen molar-refractivity contribution in [2.24, 2.45) is 0 Å². The minimum absolute atomic E-state index is 0.164. The average Bonchev–Trinajstić information content (AvgIpc) is 3.05. The van der Waals surface area contributed by atoms with Gasteiger partial charge >= 0.3 is 0 Å². The monoisotopic (exact) mass is 361 g/mol. The van der Waals surface area contributed by atoms with Gasteiger partial charge in [-0.25, -0.2) is 9.97 Å². The second-order valence-corrected chi connectivity index (χ2v) is 7.65. The van der Waals surface area contributed by atoms with Gasteiger partial charge in [-0.2, -0.15) is 0 Å². The molecule has 1 saturated carbocycles. The summed E-state index contributed by atoms with van der Waals surface area (Å²) in [5.41, 5.74) is 1.93. The Kier molecular flexibility index (Phi) is 5.77. The topological polar surface area (TPSA) is 70.6 Å². The number of anilines is 1. The van der Waals surface area contributed by atoms with Crippen molar-refractivity contribution in [3.63, 3.8) is 0 Å². The maximum atomic E-state index is 12.6. The zero-order chi connectivity index (χ0) is 18.8. The molecule has 2 fully saturated rings. The third-order valence-corrected chi connectivity index (χ3v) is 5.59. The highest BCUT2D eigenvalue weighted by Gasteiger charge is 2.32. The Morgan fingerprint density at radius 3 is 2.65 bits per heavy atom. The largest absolute Gasteiger partial charge is 0.378 e. The van der Waals surface area contributed by atoms with Crippen LogP contribution in [0.2, 0.25) is 0 Å². The van der Waals surface area contributed by atoms with Crippen LogP contribution in [0.5, 0.6) is 0 Å². The van der Waals surface area contributed by atoms with Crippen molar-refractivity contribution in [3.05, 3.63) is 17.1 Å². The molecule has 2 heterocycles. The van der Waals surface area contributed by atoms with Gasteiger partial charge in [0.15, 0.2) is 0 Å². The number of rotatable bonds is 6. The van der Waals surface area contributed by atoms with Crippen molar-refractivity contribution in [2.75, 3.05) is 38.7 Å². The smallest absolute Gasteiger partial charge is 0.289 e. The van der Waals surface area contributed by atoms with Crippen LogP contribution < -0.4 is 10.2 Å². The van der Waals surface area contributed by atoms with E-state index in [9.17, 15) is 4.79 Å². The molecule has 1 aliphatic heterocycles. The number of carbonyl (C=O) groups excluding carboxylic acids is 1. The van der Waals surface area contributed by atoms with Gasteiger partial charge in [0.2, 0.25) is 5.82 Å². The summed E-state index contributed by atoms with van der Waals surface area (Å²) in [5.74, 6) is 0.988.